The van der Waals surface area contributed by atoms with Gasteiger partial charge < -0.3 is 19.3 Å². The van der Waals surface area contributed by atoms with Crippen molar-refractivity contribution < 1.29 is 23.5 Å². The van der Waals surface area contributed by atoms with Crippen LogP contribution in [0, 0.1) is 17.1 Å². The maximum atomic E-state index is 14.1. The molecule has 0 aromatic heterocycles. The van der Waals surface area contributed by atoms with E-state index in [2.05, 4.69) is 6.07 Å². The number of carbonyl (C=O) groups excluding carboxylic acids is 2. The van der Waals surface area contributed by atoms with E-state index in [1.807, 2.05) is 49.9 Å². The average molecular weight is 547 g/mol. The fourth-order valence-corrected chi connectivity index (χ4v) is 5.04. The van der Waals surface area contributed by atoms with Gasteiger partial charge in [-0.3, -0.25) is 9.69 Å². The molecule has 9 heteroatoms. The Morgan fingerprint density at radius 2 is 1.73 bits per heavy atom. The zero-order valence-electron chi connectivity index (χ0n) is 23.6. The lowest BCUT2D eigenvalue weighted by Gasteiger charge is -2.40. The van der Waals surface area contributed by atoms with E-state index in [-0.39, 0.29) is 24.4 Å². The van der Waals surface area contributed by atoms with Crippen molar-refractivity contribution in [2.24, 2.45) is 0 Å². The molecule has 40 heavy (non-hydrogen) atoms. The van der Waals surface area contributed by atoms with Crippen LogP contribution in [0.15, 0.2) is 54.6 Å². The first kappa shape index (κ1) is 28.8. The molecule has 0 N–H and O–H groups in total. The largest absolute Gasteiger partial charge is 0.495 e. The number of likely N-dealkylation sites (N-methyl/N-ethyl adjacent to an activating group) is 1. The first-order valence-corrected chi connectivity index (χ1v) is 13.2. The van der Waals surface area contributed by atoms with Gasteiger partial charge in [-0.1, -0.05) is 36.4 Å². The number of methoxy groups -OCH3 is 1. The lowest BCUT2D eigenvalue weighted by atomic mass is 9.98. The molecule has 3 aromatic rings. The number of hydrogen-bond donors (Lipinski definition) is 0. The van der Waals surface area contributed by atoms with Crippen LogP contribution in [0.1, 0.15) is 43.5 Å². The number of amides is 2. The summed E-state index contributed by atoms with van der Waals surface area (Å²) in [7, 11) is 3.23. The maximum Gasteiger partial charge on any atom is 0.410 e. The minimum atomic E-state index is -0.692. The Balaban J connectivity index is 1.62. The topological polar surface area (TPSA) is 86.1 Å². The predicted molar refractivity (Wildman–Crippen MR) is 150 cm³/mol. The number of nitriles is 1. The molecule has 1 fully saturated rings. The molecular formula is C31H35FN4O4. The van der Waals surface area contributed by atoms with E-state index in [0.717, 1.165) is 16.3 Å². The number of carbonyl (C=O) groups is 2. The summed E-state index contributed by atoms with van der Waals surface area (Å²) in [6.45, 7) is 7.35. The second-order valence-corrected chi connectivity index (χ2v) is 10.9. The number of ether oxygens (including phenoxy) is 2. The van der Waals surface area contributed by atoms with Crippen molar-refractivity contribution in [3.05, 3.63) is 77.1 Å². The molecule has 1 saturated heterocycles. The Kier molecular flexibility index (Phi) is 8.60. The summed E-state index contributed by atoms with van der Waals surface area (Å²) in [5.41, 5.74) is 1.19. The lowest BCUT2D eigenvalue weighted by molar-refractivity contribution is -0.137. The Morgan fingerprint density at radius 3 is 2.33 bits per heavy atom. The first-order chi connectivity index (χ1) is 19.0. The summed E-state index contributed by atoms with van der Waals surface area (Å²) in [5, 5.41) is 11.5. The molecule has 0 radical (unpaired) electrons. The lowest BCUT2D eigenvalue weighted by Crippen LogP contribution is -2.53. The highest BCUT2D eigenvalue weighted by Gasteiger charge is 2.35. The molecule has 4 rings (SSSR count). The monoisotopic (exact) mass is 546 g/mol. The Hall–Kier alpha value is -4.16. The standard InChI is InChI=1S/C31H35FN4O4/c1-31(2,3)40-30(38)36-16-14-35(15-17-36)27(21-10-12-24(32)13-11-21)29(37)34(4)20-26-25-9-7-6-8-22(25)18-23(19-33)28(26)39-5/h6-13,18,27H,14-17,20H2,1-5H3. The van der Waals surface area contributed by atoms with E-state index < -0.39 is 11.6 Å². The average Bonchev–Trinajstić information content (AvgIpc) is 2.93. The second kappa shape index (κ2) is 11.9. The Morgan fingerprint density at radius 1 is 1.07 bits per heavy atom. The van der Waals surface area contributed by atoms with E-state index in [1.54, 1.807) is 35.0 Å². The molecule has 8 nitrogen and oxygen atoms in total. The third-order valence-electron chi connectivity index (χ3n) is 6.95. The maximum absolute atomic E-state index is 14.1. The van der Waals surface area contributed by atoms with Gasteiger partial charge in [-0.25, -0.2) is 9.18 Å². The fraction of sp³-hybridized carbons (Fsp3) is 0.387. The summed E-state index contributed by atoms with van der Waals surface area (Å²) in [6.07, 6.45) is -0.384. The van der Waals surface area contributed by atoms with Gasteiger partial charge in [0.05, 0.1) is 12.7 Å². The van der Waals surface area contributed by atoms with Crippen molar-refractivity contribution in [2.45, 2.75) is 39.0 Å². The highest BCUT2D eigenvalue weighted by molar-refractivity contribution is 5.91. The quantitative estimate of drug-likeness (QED) is 0.427. The van der Waals surface area contributed by atoms with E-state index in [0.29, 0.717) is 43.1 Å². The van der Waals surface area contributed by atoms with Gasteiger partial charge in [0.2, 0.25) is 5.91 Å². The number of fused-ring (bicyclic) bond motifs is 1. The van der Waals surface area contributed by atoms with Crippen molar-refractivity contribution in [1.29, 1.82) is 5.26 Å². The molecule has 1 unspecified atom stereocenters. The van der Waals surface area contributed by atoms with Gasteiger partial charge in [-0.15, -0.1) is 0 Å². The van der Waals surface area contributed by atoms with Crippen LogP contribution >= 0.6 is 0 Å². The molecule has 210 valence electrons. The minimum absolute atomic E-state index is 0.189. The molecule has 3 aromatic carbocycles. The van der Waals surface area contributed by atoms with Crippen LogP contribution in [0.4, 0.5) is 9.18 Å². The molecule has 0 bridgehead atoms. The summed E-state index contributed by atoms with van der Waals surface area (Å²) >= 11 is 0. The number of hydrogen-bond acceptors (Lipinski definition) is 6. The van der Waals surface area contributed by atoms with Crippen LogP contribution in [0.3, 0.4) is 0 Å². The van der Waals surface area contributed by atoms with Crippen LogP contribution in [0.25, 0.3) is 10.8 Å². The van der Waals surface area contributed by atoms with E-state index in [1.165, 1.54) is 19.2 Å². The second-order valence-electron chi connectivity index (χ2n) is 10.9. The molecule has 1 heterocycles. The molecule has 1 aliphatic heterocycles. The summed E-state index contributed by atoms with van der Waals surface area (Å²) in [6, 6.07) is 16.9. The van der Waals surface area contributed by atoms with Crippen LogP contribution in [0.2, 0.25) is 0 Å². The normalized spacial score (nSPS) is 14.9. The Bertz CT molecular complexity index is 1420. The third-order valence-corrected chi connectivity index (χ3v) is 6.95. The molecule has 0 spiro atoms. The molecule has 1 aliphatic rings. The van der Waals surface area contributed by atoms with Crippen LogP contribution < -0.4 is 4.74 Å². The van der Waals surface area contributed by atoms with Crippen molar-refractivity contribution in [3.63, 3.8) is 0 Å². The van der Waals surface area contributed by atoms with Gasteiger partial charge in [0, 0.05) is 45.3 Å². The van der Waals surface area contributed by atoms with Gasteiger partial charge in [0.15, 0.2) is 0 Å². The number of rotatable bonds is 6. The third kappa shape index (κ3) is 6.35. The fourth-order valence-electron chi connectivity index (χ4n) is 5.04. The van der Waals surface area contributed by atoms with Crippen LogP contribution in [-0.4, -0.2) is 72.6 Å². The zero-order valence-corrected chi connectivity index (χ0v) is 23.6. The van der Waals surface area contributed by atoms with E-state index >= 15 is 0 Å². The molecule has 0 saturated carbocycles. The van der Waals surface area contributed by atoms with Crippen molar-refractivity contribution in [3.8, 4) is 11.8 Å². The van der Waals surface area contributed by atoms with E-state index in [9.17, 15) is 19.2 Å². The number of benzene rings is 3. The van der Waals surface area contributed by atoms with Gasteiger partial charge in [0.1, 0.15) is 29.3 Å². The predicted octanol–water partition coefficient (Wildman–Crippen LogP) is 5.11. The smallest absolute Gasteiger partial charge is 0.410 e. The molecular weight excluding hydrogens is 511 g/mol. The van der Waals surface area contributed by atoms with Gasteiger partial charge in [-0.2, -0.15) is 5.26 Å². The number of piperazine rings is 1. The van der Waals surface area contributed by atoms with Crippen molar-refractivity contribution >= 4 is 22.8 Å². The summed E-state index contributed by atoms with van der Waals surface area (Å²) in [4.78, 5) is 32.0. The van der Waals surface area contributed by atoms with Crippen LogP contribution in [-0.2, 0) is 16.1 Å². The van der Waals surface area contributed by atoms with Gasteiger partial charge in [-0.05, 0) is 55.3 Å². The minimum Gasteiger partial charge on any atom is -0.495 e. The summed E-state index contributed by atoms with van der Waals surface area (Å²) < 4.78 is 25.0. The van der Waals surface area contributed by atoms with Gasteiger partial charge >= 0.3 is 6.09 Å². The van der Waals surface area contributed by atoms with E-state index in [4.69, 9.17) is 9.47 Å². The number of halogens is 1. The van der Waals surface area contributed by atoms with Crippen LogP contribution in [0.5, 0.6) is 5.75 Å². The number of nitrogens with zero attached hydrogens (tertiary/aromatic N) is 4. The highest BCUT2D eigenvalue weighted by atomic mass is 19.1. The van der Waals surface area contributed by atoms with Gasteiger partial charge in [0.25, 0.3) is 0 Å². The SMILES string of the molecule is COc1c(C#N)cc2ccccc2c1CN(C)C(=O)C(c1ccc(F)cc1)N1CCN(C(=O)OC(C)(C)C)CC1. The van der Waals surface area contributed by atoms with Crippen molar-refractivity contribution in [1.82, 2.24) is 14.7 Å². The van der Waals surface area contributed by atoms with Crippen molar-refractivity contribution in [2.75, 3.05) is 40.3 Å². The molecule has 0 aliphatic carbocycles. The highest BCUT2D eigenvalue weighted by Crippen LogP contribution is 2.34. The summed E-state index contributed by atoms with van der Waals surface area (Å²) in [5.74, 6) is -0.140. The molecule has 1 atom stereocenters. The zero-order chi connectivity index (χ0) is 29.0. The molecule has 2 amide bonds. The Labute approximate surface area is 234 Å². The first-order valence-electron chi connectivity index (χ1n) is 13.2.